The Morgan fingerprint density at radius 2 is 1.31 bits per heavy atom. The van der Waals surface area contributed by atoms with Gasteiger partial charge in [0.25, 0.3) is 0 Å². The van der Waals surface area contributed by atoms with Crippen LogP contribution in [-0.2, 0) is 0 Å². The molecule has 0 spiro atoms. The Kier molecular flexibility index (Phi) is 8.09. The highest BCUT2D eigenvalue weighted by molar-refractivity contribution is 4.79. The van der Waals surface area contributed by atoms with Crippen LogP contribution in [0.25, 0.3) is 0 Å². The quantitative estimate of drug-likeness (QED) is 0.651. The lowest BCUT2D eigenvalue weighted by atomic mass is 9.72. The zero-order valence-corrected chi connectivity index (χ0v) is 12.3. The molecule has 98 valence electrons. The van der Waals surface area contributed by atoms with E-state index in [4.69, 9.17) is 5.73 Å². The molecule has 0 aliphatic heterocycles. The Bertz CT molecular complexity index is 165. The van der Waals surface area contributed by atoms with Gasteiger partial charge in [-0.25, -0.2) is 0 Å². The molecule has 0 aliphatic carbocycles. The molecule has 0 amide bonds. The standard InChI is InChI=1S/C15H33N/c1-7-9-11(3)15(10-8-2)13(5)12(4)14(6)16/h11-15H,7-10,16H2,1-6H3. The van der Waals surface area contributed by atoms with Crippen molar-refractivity contribution >= 4 is 0 Å². The van der Waals surface area contributed by atoms with E-state index in [1.54, 1.807) is 0 Å². The molecule has 16 heavy (non-hydrogen) atoms. The minimum Gasteiger partial charge on any atom is -0.328 e. The minimum atomic E-state index is 0.322. The fourth-order valence-electron chi connectivity index (χ4n) is 2.94. The highest BCUT2D eigenvalue weighted by atomic mass is 14.6. The largest absolute Gasteiger partial charge is 0.328 e. The van der Waals surface area contributed by atoms with Gasteiger partial charge in [0.1, 0.15) is 0 Å². The Morgan fingerprint density at radius 3 is 1.69 bits per heavy atom. The molecule has 0 rings (SSSR count). The third kappa shape index (κ3) is 4.86. The summed E-state index contributed by atoms with van der Waals surface area (Å²) < 4.78 is 0. The van der Waals surface area contributed by atoms with Crippen molar-refractivity contribution in [1.82, 2.24) is 0 Å². The van der Waals surface area contributed by atoms with Crippen LogP contribution >= 0.6 is 0 Å². The van der Waals surface area contributed by atoms with Crippen LogP contribution in [0.4, 0.5) is 0 Å². The number of nitrogens with two attached hydrogens (primary N) is 1. The summed E-state index contributed by atoms with van der Waals surface area (Å²) in [5, 5.41) is 0. The summed E-state index contributed by atoms with van der Waals surface area (Å²) in [7, 11) is 0. The average molecular weight is 227 g/mol. The number of rotatable bonds is 8. The molecule has 0 aromatic rings. The lowest BCUT2D eigenvalue weighted by Gasteiger charge is -2.35. The second-order valence-electron chi connectivity index (χ2n) is 5.80. The van der Waals surface area contributed by atoms with Crippen molar-refractivity contribution in [3.8, 4) is 0 Å². The summed E-state index contributed by atoms with van der Waals surface area (Å²) in [6.07, 6.45) is 5.33. The fourth-order valence-corrected chi connectivity index (χ4v) is 2.94. The van der Waals surface area contributed by atoms with Crippen molar-refractivity contribution in [2.45, 2.75) is 73.3 Å². The zero-order chi connectivity index (χ0) is 12.7. The summed E-state index contributed by atoms with van der Waals surface area (Å²) in [5.74, 6) is 3.09. The van der Waals surface area contributed by atoms with Crippen molar-refractivity contribution in [2.75, 3.05) is 0 Å². The molecule has 0 aromatic carbocycles. The lowest BCUT2D eigenvalue weighted by Crippen LogP contribution is -2.34. The Labute approximate surface area is 103 Å². The van der Waals surface area contributed by atoms with Crippen LogP contribution in [0.2, 0.25) is 0 Å². The van der Waals surface area contributed by atoms with Gasteiger partial charge >= 0.3 is 0 Å². The molecule has 1 nitrogen and oxygen atoms in total. The van der Waals surface area contributed by atoms with Crippen LogP contribution < -0.4 is 5.73 Å². The van der Waals surface area contributed by atoms with Crippen LogP contribution in [0.3, 0.4) is 0 Å². The van der Waals surface area contributed by atoms with Gasteiger partial charge in [-0.15, -0.1) is 0 Å². The molecule has 0 aromatic heterocycles. The van der Waals surface area contributed by atoms with Gasteiger partial charge in [-0.1, -0.05) is 60.3 Å². The molecule has 5 atom stereocenters. The lowest BCUT2D eigenvalue weighted by molar-refractivity contribution is 0.160. The normalized spacial score (nSPS) is 21.2. The zero-order valence-electron chi connectivity index (χ0n) is 12.3. The maximum atomic E-state index is 6.04. The molecular weight excluding hydrogens is 194 g/mol. The first-order chi connectivity index (χ1) is 7.45. The predicted octanol–water partition coefficient (Wildman–Crippen LogP) is 4.46. The summed E-state index contributed by atoms with van der Waals surface area (Å²) in [5.41, 5.74) is 6.04. The molecule has 0 fully saturated rings. The number of hydrogen-bond acceptors (Lipinski definition) is 1. The van der Waals surface area contributed by atoms with Gasteiger partial charge in [-0.05, 0) is 30.6 Å². The summed E-state index contributed by atoms with van der Waals surface area (Å²) in [6.45, 7) is 13.9. The summed E-state index contributed by atoms with van der Waals surface area (Å²) in [4.78, 5) is 0. The molecule has 2 N–H and O–H groups in total. The minimum absolute atomic E-state index is 0.322. The molecule has 1 heteroatoms. The van der Waals surface area contributed by atoms with E-state index in [1.165, 1.54) is 25.7 Å². The number of hydrogen-bond donors (Lipinski definition) is 1. The van der Waals surface area contributed by atoms with E-state index in [-0.39, 0.29) is 0 Å². The van der Waals surface area contributed by atoms with E-state index in [2.05, 4.69) is 41.5 Å². The van der Waals surface area contributed by atoms with Crippen LogP contribution in [0, 0.1) is 23.7 Å². The second kappa shape index (κ2) is 8.11. The van der Waals surface area contributed by atoms with Gasteiger partial charge in [-0.2, -0.15) is 0 Å². The van der Waals surface area contributed by atoms with Gasteiger partial charge < -0.3 is 5.73 Å². The molecule has 0 saturated heterocycles. The first-order valence-electron chi connectivity index (χ1n) is 7.21. The fraction of sp³-hybridized carbons (Fsp3) is 1.00. The SMILES string of the molecule is CCCC(C)C(CCC)C(C)C(C)C(C)N. The summed E-state index contributed by atoms with van der Waals surface area (Å²) >= 11 is 0. The first kappa shape index (κ1) is 16.0. The van der Waals surface area contributed by atoms with Crippen molar-refractivity contribution in [3.63, 3.8) is 0 Å². The van der Waals surface area contributed by atoms with Gasteiger partial charge in [-0.3, -0.25) is 0 Å². The summed E-state index contributed by atoms with van der Waals surface area (Å²) in [6, 6.07) is 0.322. The maximum Gasteiger partial charge on any atom is 0.00387 e. The highest BCUT2D eigenvalue weighted by Crippen LogP contribution is 2.34. The molecule has 0 bridgehead atoms. The molecule has 5 unspecified atom stereocenters. The molecular formula is C15H33N. The van der Waals surface area contributed by atoms with Crippen LogP contribution in [0.5, 0.6) is 0 Å². The van der Waals surface area contributed by atoms with Crippen LogP contribution in [0.15, 0.2) is 0 Å². The topological polar surface area (TPSA) is 26.0 Å². The molecule has 0 radical (unpaired) electrons. The van der Waals surface area contributed by atoms with E-state index in [9.17, 15) is 0 Å². The Hall–Kier alpha value is -0.0400. The predicted molar refractivity (Wildman–Crippen MR) is 74.4 cm³/mol. The molecule has 0 heterocycles. The van der Waals surface area contributed by atoms with E-state index >= 15 is 0 Å². The Morgan fingerprint density at radius 1 is 0.812 bits per heavy atom. The molecule has 0 saturated carbocycles. The van der Waals surface area contributed by atoms with E-state index in [0.717, 1.165) is 17.8 Å². The van der Waals surface area contributed by atoms with E-state index in [0.29, 0.717) is 12.0 Å². The van der Waals surface area contributed by atoms with Crippen molar-refractivity contribution in [1.29, 1.82) is 0 Å². The van der Waals surface area contributed by atoms with Gasteiger partial charge in [0.05, 0.1) is 0 Å². The van der Waals surface area contributed by atoms with Gasteiger partial charge in [0.2, 0.25) is 0 Å². The van der Waals surface area contributed by atoms with E-state index in [1.807, 2.05) is 0 Å². The highest BCUT2D eigenvalue weighted by Gasteiger charge is 2.27. The third-order valence-corrected chi connectivity index (χ3v) is 4.43. The average Bonchev–Trinajstić information content (AvgIpc) is 2.24. The van der Waals surface area contributed by atoms with Crippen molar-refractivity contribution < 1.29 is 0 Å². The van der Waals surface area contributed by atoms with Crippen molar-refractivity contribution in [3.05, 3.63) is 0 Å². The van der Waals surface area contributed by atoms with Gasteiger partial charge in [0.15, 0.2) is 0 Å². The van der Waals surface area contributed by atoms with Crippen LogP contribution in [0.1, 0.15) is 67.2 Å². The maximum absolute atomic E-state index is 6.04. The van der Waals surface area contributed by atoms with Crippen LogP contribution in [-0.4, -0.2) is 6.04 Å². The monoisotopic (exact) mass is 227 g/mol. The smallest absolute Gasteiger partial charge is 0.00387 e. The first-order valence-corrected chi connectivity index (χ1v) is 7.21. The Balaban J connectivity index is 4.49. The molecule has 0 aliphatic rings. The van der Waals surface area contributed by atoms with E-state index < -0.39 is 0 Å². The third-order valence-electron chi connectivity index (χ3n) is 4.43. The van der Waals surface area contributed by atoms with Gasteiger partial charge in [0, 0.05) is 6.04 Å². The second-order valence-corrected chi connectivity index (χ2v) is 5.80. The van der Waals surface area contributed by atoms with Crippen molar-refractivity contribution in [2.24, 2.45) is 29.4 Å².